The molecule has 0 unspecified atom stereocenters. The highest BCUT2D eigenvalue weighted by Crippen LogP contribution is 2.35. The number of nitrogens with zero attached hydrogens (tertiary/aromatic N) is 2. The van der Waals surface area contributed by atoms with Crippen LogP contribution in [-0.2, 0) is 0 Å². The van der Waals surface area contributed by atoms with Crippen LogP contribution in [0.3, 0.4) is 0 Å². The minimum atomic E-state index is 0.0191. The van der Waals surface area contributed by atoms with Gasteiger partial charge in [-0.05, 0) is 31.2 Å². The van der Waals surface area contributed by atoms with E-state index in [1.54, 1.807) is 33.3 Å². The van der Waals surface area contributed by atoms with Crippen LogP contribution < -0.4 is 14.8 Å². The fourth-order valence-electron chi connectivity index (χ4n) is 3.19. The van der Waals surface area contributed by atoms with Crippen molar-refractivity contribution in [2.45, 2.75) is 6.92 Å². The number of nitrogens with one attached hydrogen (secondary N) is 1. The van der Waals surface area contributed by atoms with Crippen LogP contribution in [0, 0.1) is 0 Å². The Morgan fingerprint density at radius 3 is 2.20 bits per heavy atom. The maximum atomic E-state index is 11.6. The van der Waals surface area contributed by atoms with Crippen molar-refractivity contribution in [1.82, 2.24) is 9.97 Å². The van der Waals surface area contributed by atoms with Crippen molar-refractivity contribution < 1.29 is 14.3 Å². The number of carbonyl (C=O) groups excluding carboxylic acids is 1. The first kappa shape index (κ1) is 19.4. The van der Waals surface area contributed by atoms with Crippen LogP contribution in [-0.4, -0.2) is 30.0 Å². The molecule has 6 heteroatoms. The molecule has 0 aliphatic carbocycles. The zero-order valence-electron chi connectivity index (χ0n) is 17.0. The molecule has 1 aromatic heterocycles. The molecular weight excluding hydrogens is 378 g/mol. The molecule has 30 heavy (non-hydrogen) atoms. The summed E-state index contributed by atoms with van der Waals surface area (Å²) < 4.78 is 10.8. The molecule has 150 valence electrons. The first-order chi connectivity index (χ1) is 14.6. The summed E-state index contributed by atoms with van der Waals surface area (Å²) in [5.74, 6) is 1.95. The van der Waals surface area contributed by atoms with Crippen molar-refractivity contribution in [2.24, 2.45) is 0 Å². The highest BCUT2D eigenvalue weighted by Gasteiger charge is 2.14. The molecule has 4 rings (SSSR count). The maximum absolute atomic E-state index is 11.6. The van der Waals surface area contributed by atoms with E-state index in [1.165, 1.54) is 0 Å². The van der Waals surface area contributed by atoms with Gasteiger partial charge in [-0.2, -0.15) is 0 Å². The van der Waals surface area contributed by atoms with Crippen LogP contribution in [0.2, 0.25) is 0 Å². The summed E-state index contributed by atoms with van der Waals surface area (Å²) in [6.07, 6.45) is 0. The van der Waals surface area contributed by atoms with Crippen LogP contribution in [0.4, 0.5) is 11.5 Å². The number of anilines is 2. The quantitative estimate of drug-likeness (QED) is 0.446. The van der Waals surface area contributed by atoms with E-state index >= 15 is 0 Å². The van der Waals surface area contributed by atoms with Gasteiger partial charge < -0.3 is 14.8 Å². The summed E-state index contributed by atoms with van der Waals surface area (Å²) in [4.78, 5) is 21.3. The Kier molecular flexibility index (Phi) is 5.30. The molecule has 0 bridgehead atoms. The molecule has 0 aliphatic heterocycles. The molecule has 1 heterocycles. The highest BCUT2D eigenvalue weighted by molar-refractivity contribution is 5.95. The number of ketones is 1. The SMILES string of the molecule is COc1ccc(OC)c(Nc2nc3ccccc3nc2-c2ccc(C(C)=O)cc2)c1. The fraction of sp³-hybridized carbons (Fsp3) is 0.125. The molecule has 0 amide bonds. The largest absolute Gasteiger partial charge is 0.497 e. The van der Waals surface area contributed by atoms with E-state index in [2.05, 4.69) is 5.32 Å². The Morgan fingerprint density at radius 1 is 0.867 bits per heavy atom. The third-order valence-electron chi connectivity index (χ3n) is 4.80. The van der Waals surface area contributed by atoms with Gasteiger partial charge in [0.2, 0.25) is 0 Å². The van der Waals surface area contributed by atoms with Gasteiger partial charge in [0.25, 0.3) is 0 Å². The first-order valence-electron chi connectivity index (χ1n) is 9.46. The van der Waals surface area contributed by atoms with E-state index in [0.717, 1.165) is 16.6 Å². The molecule has 0 saturated heterocycles. The second kappa shape index (κ2) is 8.21. The van der Waals surface area contributed by atoms with Crippen molar-refractivity contribution >= 4 is 28.3 Å². The second-order valence-electron chi connectivity index (χ2n) is 6.73. The zero-order chi connectivity index (χ0) is 21.1. The Bertz CT molecular complexity index is 1220. The molecule has 0 radical (unpaired) electrons. The highest BCUT2D eigenvalue weighted by atomic mass is 16.5. The molecule has 0 spiro atoms. The van der Waals surface area contributed by atoms with Gasteiger partial charge in [-0.3, -0.25) is 4.79 Å². The van der Waals surface area contributed by atoms with Gasteiger partial charge in [0.05, 0.1) is 30.9 Å². The number of rotatable bonds is 6. The number of ether oxygens (including phenoxy) is 2. The second-order valence-corrected chi connectivity index (χ2v) is 6.73. The number of hydrogen-bond acceptors (Lipinski definition) is 6. The number of carbonyl (C=O) groups is 1. The molecule has 0 atom stereocenters. The van der Waals surface area contributed by atoms with Gasteiger partial charge in [-0.25, -0.2) is 9.97 Å². The van der Waals surface area contributed by atoms with Crippen LogP contribution in [0.1, 0.15) is 17.3 Å². The minimum absolute atomic E-state index is 0.0191. The molecule has 4 aromatic rings. The lowest BCUT2D eigenvalue weighted by molar-refractivity contribution is 0.101. The van der Waals surface area contributed by atoms with Gasteiger partial charge in [0.1, 0.15) is 17.2 Å². The van der Waals surface area contributed by atoms with Crippen molar-refractivity contribution in [1.29, 1.82) is 0 Å². The standard InChI is InChI=1S/C24H21N3O3/c1-15(28)16-8-10-17(11-9-16)23-24(26-20-7-5-4-6-19(20)25-23)27-21-14-18(29-2)12-13-22(21)30-3/h4-14H,1-3H3,(H,26,27). The molecular formula is C24H21N3O3. The Morgan fingerprint density at radius 2 is 1.57 bits per heavy atom. The van der Waals surface area contributed by atoms with Gasteiger partial charge >= 0.3 is 0 Å². The van der Waals surface area contributed by atoms with Crippen LogP contribution >= 0.6 is 0 Å². The normalized spacial score (nSPS) is 10.6. The number of Topliss-reactive ketones (excluding diaryl/α,β-unsaturated/α-hetero) is 1. The topological polar surface area (TPSA) is 73.3 Å². The average Bonchev–Trinajstić information content (AvgIpc) is 2.78. The maximum Gasteiger partial charge on any atom is 0.159 e. The Balaban J connectivity index is 1.86. The average molecular weight is 399 g/mol. The Hall–Kier alpha value is -3.93. The number of fused-ring (bicyclic) bond motifs is 1. The lowest BCUT2D eigenvalue weighted by Crippen LogP contribution is -2.02. The summed E-state index contributed by atoms with van der Waals surface area (Å²) in [6, 6.07) is 20.5. The van der Waals surface area contributed by atoms with E-state index in [9.17, 15) is 4.79 Å². The van der Waals surface area contributed by atoms with E-state index in [0.29, 0.717) is 34.3 Å². The van der Waals surface area contributed by atoms with Crippen molar-refractivity contribution in [3.63, 3.8) is 0 Å². The van der Waals surface area contributed by atoms with E-state index in [1.807, 2.05) is 54.6 Å². The van der Waals surface area contributed by atoms with E-state index in [4.69, 9.17) is 19.4 Å². The molecule has 6 nitrogen and oxygen atoms in total. The fourth-order valence-corrected chi connectivity index (χ4v) is 3.19. The number of para-hydroxylation sites is 2. The number of aromatic nitrogens is 2. The summed E-state index contributed by atoms with van der Waals surface area (Å²) in [5, 5.41) is 3.35. The number of methoxy groups -OCH3 is 2. The van der Waals surface area contributed by atoms with Gasteiger partial charge in [0, 0.05) is 17.2 Å². The number of hydrogen-bond donors (Lipinski definition) is 1. The van der Waals surface area contributed by atoms with Gasteiger partial charge in [-0.1, -0.05) is 36.4 Å². The minimum Gasteiger partial charge on any atom is -0.497 e. The van der Waals surface area contributed by atoms with Crippen LogP contribution in [0.5, 0.6) is 11.5 Å². The third kappa shape index (κ3) is 3.80. The monoisotopic (exact) mass is 399 g/mol. The predicted molar refractivity (Wildman–Crippen MR) is 118 cm³/mol. The van der Waals surface area contributed by atoms with Gasteiger partial charge in [0.15, 0.2) is 11.6 Å². The summed E-state index contributed by atoms with van der Waals surface area (Å²) in [6.45, 7) is 1.55. The lowest BCUT2D eigenvalue weighted by atomic mass is 10.1. The first-order valence-corrected chi connectivity index (χ1v) is 9.46. The molecule has 1 N–H and O–H groups in total. The van der Waals surface area contributed by atoms with Gasteiger partial charge in [-0.15, -0.1) is 0 Å². The molecule has 0 saturated carbocycles. The van der Waals surface area contributed by atoms with Crippen LogP contribution in [0.15, 0.2) is 66.7 Å². The lowest BCUT2D eigenvalue weighted by Gasteiger charge is -2.15. The van der Waals surface area contributed by atoms with E-state index < -0.39 is 0 Å². The number of benzene rings is 3. The van der Waals surface area contributed by atoms with Crippen molar-refractivity contribution in [2.75, 3.05) is 19.5 Å². The molecule has 0 aliphatic rings. The van der Waals surface area contributed by atoms with Crippen molar-refractivity contribution in [3.05, 3.63) is 72.3 Å². The van der Waals surface area contributed by atoms with Crippen LogP contribution in [0.25, 0.3) is 22.3 Å². The summed E-state index contributed by atoms with van der Waals surface area (Å²) >= 11 is 0. The molecule has 0 fully saturated rings. The smallest absolute Gasteiger partial charge is 0.159 e. The summed E-state index contributed by atoms with van der Waals surface area (Å²) in [7, 11) is 3.23. The van der Waals surface area contributed by atoms with Crippen molar-refractivity contribution in [3.8, 4) is 22.8 Å². The van der Waals surface area contributed by atoms with E-state index in [-0.39, 0.29) is 5.78 Å². The summed E-state index contributed by atoms with van der Waals surface area (Å²) in [5.41, 5.74) is 4.44. The predicted octanol–water partition coefficient (Wildman–Crippen LogP) is 5.26. The molecule has 3 aromatic carbocycles. The Labute approximate surface area is 174 Å². The third-order valence-corrected chi connectivity index (χ3v) is 4.80. The zero-order valence-corrected chi connectivity index (χ0v) is 17.0.